The van der Waals surface area contributed by atoms with Gasteiger partial charge in [-0.3, -0.25) is 5.32 Å². The van der Waals surface area contributed by atoms with Crippen molar-refractivity contribution >= 4 is 38.5 Å². The molecule has 0 bridgehead atoms. The third-order valence-electron chi connectivity index (χ3n) is 2.26. The summed E-state index contributed by atoms with van der Waals surface area (Å²) in [4.78, 5) is 3.61. The Bertz CT molecular complexity index is 632. The Morgan fingerprint density at radius 1 is 1.23 bits per heavy atom. The topological polar surface area (TPSA) is 48.2 Å². The van der Waals surface area contributed by atoms with E-state index in [-0.39, 0.29) is 11.2 Å². The van der Waals surface area contributed by atoms with Gasteiger partial charge in [0.05, 0.1) is 21.3 Å². The van der Waals surface area contributed by atoms with Gasteiger partial charge in [-0.15, -0.1) is 0 Å². The Labute approximate surface area is 133 Å². The van der Waals surface area contributed by atoms with E-state index >= 15 is 0 Å². The Morgan fingerprint density at radius 2 is 1.82 bits per heavy atom. The number of amidine groups is 1. The fraction of sp³-hybridized carbons (Fsp3) is 0.273. The Kier molecular flexibility index (Phi) is 5.75. The molecule has 0 spiro atoms. The highest BCUT2D eigenvalue weighted by atomic mass is 79.9. The van der Waals surface area contributed by atoms with Crippen molar-refractivity contribution in [1.29, 1.82) is 5.26 Å². The van der Waals surface area contributed by atoms with Crippen LogP contribution in [0.3, 0.4) is 0 Å². The SMILES string of the molecule is CSC(=Nc1cc(C(F)(F)F)cc(C(F)(F)F)c1Br)NC#N. The van der Waals surface area contributed by atoms with Crippen LogP contribution in [0.5, 0.6) is 0 Å². The summed E-state index contributed by atoms with van der Waals surface area (Å²) in [6.07, 6.45) is -7.02. The fourth-order valence-corrected chi connectivity index (χ4v) is 2.22. The number of nitriles is 1. The third kappa shape index (κ3) is 4.54. The van der Waals surface area contributed by atoms with Crippen LogP contribution in [0.4, 0.5) is 32.0 Å². The molecule has 0 atom stereocenters. The zero-order valence-electron chi connectivity index (χ0n) is 10.6. The van der Waals surface area contributed by atoms with Gasteiger partial charge in [-0.25, -0.2) is 4.99 Å². The number of alkyl halides is 6. The molecule has 0 aliphatic rings. The number of rotatable bonds is 1. The molecule has 22 heavy (non-hydrogen) atoms. The Hall–Kier alpha value is -1.41. The lowest BCUT2D eigenvalue weighted by Crippen LogP contribution is -2.14. The minimum Gasteiger partial charge on any atom is -0.271 e. The van der Waals surface area contributed by atoms with Gasteiger partial charge in [0.2, 0.25) is 0 Å². The molecule has 1 aromatic carbocycles. The molecule has 1 N–H and O–H groups in total. The first-order valence-corrected chi connectivity index (χ1v) is 7.28. The standard InChI is InChI=1S/C11H6BrF6N3S/c1-22-9(20-4-19)21-7-3-5(10(13,14)15)2-6(8(7)12)11(16,17)18/h2-3H,1H3,(H,20,21). The van der Waals surface area contributed by atoms with E-state index in [4.69, 9.17) is 5.26 Å². The summed E-state index contributed by atoms with van der Waals surface area (Å²) in [7, 11) is 0. The van der Waals surface area contributed by atoms with Crippen LogP contribution < -0.4 is 5.32 Å². The van der Waals surface area contributed by atoms with Crippen molar-refractivity contribution in [2.45, 2.75) is 12.4 Å². The summed E-state index contributed by atoms with van der Waals surface area (Å²) >= 11 is 3.47. The lowest BCUT2D eigenvalue weighted by molar-refractivity contribution is -0.143. The maximum Gasteiger partial charge on any atom is 0.417 e. The van der Waals surface area contributed by atoms with Crippen LogP contribution in [0.1, 0.15) is 11.1 Å². The summed E-state index contributed by atoms with van der Waals surface area (Å²) < 4.78 is 76.1. The maximum atomic E-state index is 12.8. The first-order chi connectivity index (χ1) is 10.0. The van der Waals surface area contributed by atoms with Crippen molar-refractivity contribution < 1.29 is 26.3 Å². The van der Waals surface area contributed by atoms with Crippen LogP contribution in [0, 0.1) is 11.5 Å². The van der Waals surface area contributed by atoms with Crippen LogP contribution in [0.2, 0.25) is 0 Å². The third-order valence-corrected chi connectivity index (χ3v) is 3.68. The molecule has 0 radical (unpaired) electrons. The highest BCUT2D eigenvalue weighted by Gasteiger charge is 2.39. The molecule has 1 aromatic rings. The van der Waals surface area contributed by atoms with Crippen LogP contribution in [0.25, 0.3) is 0 Å². The van der Waals surface area contributed by atoms with Crippen molar-refractivity contribution in [2.24, 2.45) is 4.99 Å². The molecule has 0 aliphatic carbocycles. The van der Waals surface area contributed by atoms with E-state index < -0.39 is 33.6 Å². The van der Waals surface area contributed by atoms with E-state index in [0.29, 0.717) is 6.07 Å². The average molecular weight is 406 g/mol. The molecular weight excluding hydrogens is 400 g/mol. The minimum atomic E-state index is -4.99. The second-order valence-electron chi connectivity index (χ2n) is 3.71. The first kappa shape index (κ1) is 18.6. The maximum absolute atomic E-state index is 12.8. The summed E-state index contributed by atoms with van der Waals surface area (Å²) in [5.74, 6) is 0. The second kappa shape index (κ2) is 6.78. The number of benzene rings is 1. The molecule has 0 amide bonds. The summed E-state index contributed by atoms with van der Waals surface area (Å²) in [5, 5.41) is 10.4. The van der Waals surface area contributed by atoms with Crippen molar-refractivity contribution in [3.05, 3.63) is 27.7 Å². The molecular formula is C11H6BrF6N3S. The molecule has 11 heteroatoms. The molecule has 3 nitrogen and oxygen atoms in total. The second-order valence-corrected chi connectivity index (χ2v) is 5.30. The highest BCUT2D eigenvalue weighted by molar-refractivity contribution is 9.10. The average Bonchev–Trinajstić information content (AvgIpc) is 2.37. The fourth-order valence-electron chi connectivity index (χ4n) is 1.34. The van der Waals surface area contributed by atoms with Gasteiger partial charge in [0.15, 0.2) is 11.4 Å². The van der Waals surface area contributed by atoms with Crippen molar-refractivity contribution in [3.63, 3.8) is 0 Å². The molecule has 1 rings (SSSR count). The van der Waals surface area contributed by atoms with E-state index in [2.05, 4.69) is 26.2 Å². The van der Waals surface area contributed by atoms with Gasteiger partial charge >= 0.3 is 12.4 Å². The van der Waals surface area contributed by atoms with E-state index in [1.165, 1.54) is 12.4 Å². The van der Waals surface area contributed by atoms with Crippen molar-refractivity contribution in [2.75, 3.05) is 6.26 Å². The predicted octanol–water partition coefficient (Wildman–Crippen LogP) is 4.91. The van der Waals surface area contributed by atoms with E-state index in [9.17, 15) is 26.3 Å². The normalized spacial score (nSPS) is 13.0. The van der Waals surface area contributed by atoms with E-state index in [1.807, 2.05) is 0 Å². The van der Waals surface area contributed by atoms with Crippen LogP contribution in [-0.4, -0.2) is 11.4 Å². The highest BCUT2D eigenvalue weighted by Crippen LogP contribution is 2.44. The number of nitrogens with zero attached hydrogens (tertiary/aromatic N) is 2. The van der Waals surface area contributed by atoms with Crippen LogP contribution in [-0.2, 0) is 12.4 Å². The van der Waals surface area contributed by atoms with Crippen LogP contribution in [0.15, 0.2) is 21.6 Å². The Morgan fingerprint density at radius 3 is 2.23 bits per heavy atom. The molecule has 0 fully saturated rings. The van der Waals surface area contributed by atoms with Gasteiger partial charge in [0.1, 0.15) is 0 Å². The summed E-state index contributed by atoms with van der Waals surface area (Å²) in [5.41, 5.74) is -3.58. The Balaban J connectivity index is 3.60. The number of thioether (sulfide) groups is 1. The molecule has 120 valence electrons. The molecule has 0 aliphatic heterocycles. The van der Waals surface area contributed by atoms with E-state index in [1.54, 1.807) is 0 Å². The monoisotopic (exact) mass is 405 g/mol. The zero-order chi connectivity index (χ0) is 17.1. The molecule has 0 aromatic heterocycles. The largest absolute Gasteiger partial charge is 0.417 e. The number of hydrogen-bond acceptors (Lipinski definition) is 3. The minimum absolute atomic E-state index is 0.000410. The van der Waals surface area contributed by atoms with Crippen molar-refractivity contribution in [1.82, 2.24) is 5.32 Å². The molecule has 0 saturated heterocycles. The van der Waals surface area contributed by atoms with Gasteiger partial charge in [-0.05, 0) is 34.3 Å². The quantitative estimate of drug-likeness (QED) is 0.237. The summed E-state index contributed by atoms with van der Waals surface area (Å²) in [6.45, 7) is 0. The van der Waals surface area contributed by atoms with Crippen molar-refractivity contribution in [3.8, 4) is 6.19 Å². The number of nitrogens with one attached hydrogen (secondary N) is 1. The van der Waals surface area contributed by atoms with Gasteiger partial charge in [-0.1, -0.05) is 11.8 Å². The molecule has 0 unspecified atom stereocenters. The summed E-state index contributed by atoms with van der Waals surface area (Å²) in [6, 6.07) is 0.466. The zero-order valence-corrected chi connectivity index (χ0v) is 13.0. The van der Waals surface area contributed by atoms with Gasteiger partial charge < -0.3 is 0 Å². The lowest BCUT2D eigenvalue weighted by Gasteiger charge is -2.15. The first-order valence-electron chi connectivity index (χ1n) is 5.26. The number of halogens is 7. The van der Waals surface area contributed by atoms with Crippen LogP contribution >= 0.6 is 27.7 Å². The van der Waals surface area contributed by atoms with Gasteiger partial charge in [0, 0.05) is 0 Å². The number of aliphatic imine (C=N–C) groups is 1. The molecule has 0 saturated carbocycles. The smallest absolute Gasteiger partial charge is 0.271 e. The lowest BCUT2D eigenvalue weighted by atomic mass is 10.1. The van der Waals surface area contributed by atoms with Gasteiger partial charge in [-0.2, -0.15) is 31.6 Å². The molecule has 0 heterocycles. The van der Waals surface area contributed by atoms with E-state index in [0.717, 1.165) is 11.8 Å². The predicted molar refractivity (Wildman–Crippen MR) is 73.5 cm³/mol. The number of hydrogen-bond donors (Lipinski definition) is 1. The van der Waals surface area contributed by atoms with Gasteiger partial charge in [0.25, 0.3) is 0 Å².